The van der Waals surface area contributed by atoms with Crippen LogP contribution in [0.25, 0.3) is 24.3 Å². The van der Waals surface area contributed by atoms with Crippen molar-refractivity contribution in [1.82, 2.24) is 0 Å². The molecule has 0 heterocycles. The van der Waals surface area contributed by atoms with Crippen molar-refractivity contribution in [3.63, 3.8) is 0 Å². The monoisotopic (exact) mass is 800 g/mol. The minimum absolute atomic E-state index is 0.385. The van der Waals surface area contributed by atoms with Crippen molar-refractivity contribution in [2.24, 2.45) is 5.92 Å². The predicted molar refractivity (Wildman–Crippen MR) is 233 cm³/mol. The van der Waals surface area contributed by atoms with E-state index in [1.807, 2.05) is 60.7 Å². The molecule has 0 amide bonds. The van der Waals surface area contributed by atoms with E-state index >= 15 is 0 Å². The molecule has 308 valence electrons. The quantitative estimate of drug-likeness (QED) is 0.0496. The standard InChI is InChI=1S/C49H52O10/c1-8-10-11-33(9-2)32-57-45-29-36(12-17-37-19-26-42(52-3)48(46(37)55-6)58-39-21-13-34(30-50)14-22-39)28-44(54-5)41(45)25-18-38-20-27-43(53-4)49(47(38)56-7)59-40-23-15-35(31-51)16-24-40/h12-31,33H,8-11,32H2,1-7H3. The fraction of sp³-hybridized carbons (Fsp3) is 0.265. The number of carbonyl (C=O) groups excluding carboxylic acids is 2. The molecule has 5 aromatic rings. The first-order chi connectivity index (χ1) is 28.8. The smallest absolute Gasteiger partial charge is 0.211 e. The van der Waals surface area contributed by atoms with E-state index in [0.29, 0.717) is 81.1 Å². The van der Waals surface area contributed by atoms with E-state index in [9.17, 15) is 9.59 Å². The van der Waals surface area contributed by atoms with Gasteiger partial charge in [0.05, 0.1) is 47.7 Å². The lowest BCUT2D eigenvalue weighted by molar-refractivity contribution is 0.111. The maximum atomic E-state index is 11.2. The third kappa shape index (κ3) is 11.0. The van der Waals surface area contributed by atoms with Gasteiger partial charge < -0.3 is 37.9 Å². The number of methoxy groups -OCH3 is 5. The van der Waals surface area contributed by atoms with Crippen molar-refractivity contribution in [2.45, 2.75) is 39.5 Å². The van der Waals surface area contributed by atoms with Gasteiger partial charge in [-0.1, -0.05) is 51.3 Å². The van der Waals surface area contributed by atoms with Crippen molar-refractivity contribution in [1.29, 1.82) is 0 Å². The van der Waals surface area contributed by atoms with E-state index in [0.717, 1.165) is 60.5 Å². The molecule has 10 heteroatoms. The number of hydrogen-bond acceptors (Lipinski definition) is 10. The second-order valence-corrected chi connectivity index (χ2v) is 13.5. The van der Waals surface area contributed by atoms with E-state index in [2.05, 4.69) is 13.8 Å². The van der Waals surface area contributed by atoms with Crippen LogP contribution in [0.15, 0.2) is 84.9 Å². The molecule has 0 saturated heterocycles. The molecule has 1 unspecified atom stereocenters. The molecule has 0 aliphatic rings. The highest BCUT2D eigenvalue weighted by Crippen LogP contribution is 2.45. The molecule has 10 nitrogen and oxygen atoms in total. The number of carbonyl (C=O) groups is 2. The molecule has 0 bridgehead atoms. The molecular weight excluding hydrogens is 749 g/mol. The van der Waals surface area contributed by atoms with Crippen molar-refractivity contribution in [3.05, 3.63) is 118 Å². The maximum Gasteiger partial charge on any atom is 0.211 e. The minimum atomic E-state index is 0.385. The second kappa shape index (κ2) is 21.7. The van der Waals surface area contributed by atoms with E-state index < -0.39 is 0 Å². The highest BCUT2D eigenvalue weighted by atomic mass is 16.5. The van der Waals surface area contributed by atoms with Gasteiger partial charge in [0.25, 0.3) is 0 Å². The molecule has 0 N–H and O–H groups in total. The summed E-state index contributed by atoms with van der Waals surface area (Å²) in [4.78, 5) is 22.4. The van der Waals surface area contributed by atoms with Gasteiger partial charge in [0.1, 0.15) is 35.6 Å². The minimum Gasteiger partial charge on any atom is -0.496 e. The summed E-state index contributed by atoms with van der Waals surface area (Å²) >= 11 is 0. The average molecular weight is 801 g/mol. The average Bonchev–Trinajstić information content (AvgIpc) is 3.28. The van der Waals surface area contributed by atoms with Crippen LogP contribution >= 0.6 is 0 Å². The first kappa shape index (κ1) is 43.4. The van der Waals surface area contributed by atoms with Gasteiger partial charge in [-0.15, -0.1) is 0 Å². The van der Waals surface area contributed by atoms with Crippen molar-refractivity contribution in [2.75, 3.05) is 42.2 Å². The van der Waals surface area contributed by atoms with Gasteiger partial charge in [-0.05, 0) is 109 Å². The van der Waals surface area contributed by atoms with E-state index in [1.165, 1.54) is 0 Å². The molecule has 0 fully saturated rings. The Hall–Kier alpha value is -6.68. The zero-order chi connectivity index (χ0) is 42.1. The summed E-state index contributed by atoms with van der Waals surface area (Å²) in [5, 5.41) is 0. The Labute approximate surface area is 346 Å². The molecule has 5 rings (SSSR count). The van der Waals surface area contributed by atoms with Crippen molar-refractivity contribution < 1.29 is 47.5 Å². The maximum absolute atomic E-state index is 11.2. The molecular formula is C49H52O10. The largest absolute Gasteiger partial charge is 0.496 e. The third-order valence-corrected chi connectivity index (χ3v) is 9.78. The van der Waals surface area contributed by atoms with Crippen LogP contribution in [0.5, 0.6) is 57.5 Å². The van der Waals surface area contributed by atoms with Gasteiger partial charge in [-0.2, -0.15) is 0 Å². The van der Waals surface area contributed by atoms with Crippen LogP contribution in [0.3, 0.4) is 0 Å². The summed E-state index contributed by atoms with van der Waals surface area (Å²) < 4.78 is 48.2. The van der Waals surface area contributed by atoms with E-state index in [4.69, 9.17) is 37.9 Å². The molecule has 0 radical (unpaired) electrons. The number of unbranched alkanes of at least 4 members (excludes halogenated alkanes) is 1. The summed E-state index contributed by atoms with van der Waals surface area (Å²) in [6.07, 6.45) is 13.6. The molecule has 0 spiro atoms. The Morgan fingerprint density at radius 2 is 1.00 bits per heavy atom. The third-order valence-electron chi connectivity index (χ3n) is 9.78. The normalized spacial score (nSPS) is 11.6. The molecule has 0 aromatic heterocycles. The van der Waals surface area contributed by atoms with Crippen LogP contribution in [-0.4, -0.2) is 54.7 Å². The zero-order valence-electron chi connectivity index (χ0n) is 34.7. The summed E-state index contributed by atoms with van der Waals surface area (Å²) in [6, 6.07) is 24.9. The Morgan fingerprint density at radius 1 is 0.508 bits per heavy atom. The first-order valence-corrected chi connectivity index (χ1v) is 19.5. The van der Waals surface area contributed by atoms with Crippen LogP contribution in [-0.2, 0) is 0 Å². The van der Waals surface area contributed by atoms with Crippen LogP contribution in [0.1, 0.15) is 82.5 Å². The van der Waals surface area contributed by atoms with E-state index in [1.54, 1.807) is 84.1 Å². The van der Waals surface area contributed by atoms with Gasteiger partial charge >= 0.3 is 0 Å². The molecule has 0 aliphatic carbocycles. The molecule has 0 aliphatic heterocycles. The molecule has 0 saturated carbocycles. The Balaban J connectivity index is 1.54. The van der Waals surface area contributed by atoms with Gasteiger partial charge in [0, 0.05) is 22.3 Å². The lowest BCUT2D eigenvalue weighted by Gasteiger charge is -2.19. The van der Waals surface area contributed by atoms with Gasteiger partial charge in [-0.3, -0.25) is 9.59 Å². The summed E-state index contributed by atoms with van der Waals surface area (Å²) in [7, 11) is 7.91. The number of ether oxygens (including phenoxy) is 8. The Morgan fingerprint density at radius 3 is 1.44 bits per heavy atom. The van der Waals surface area contributed by atoms with Crippen LogP contribution in [0.2, 0.25) is 0 Å². The predicted octanol–water partition coefficient (Wildman–Crippen LogP) is 11.9. The fourth-order valence-electron chi connectivity index (χ4n) is 6.42. The summed E-state index contributed by atoms with van der Waals surface area (Å²) in [5.41, 5.74) is 4.13. The highest BCUT2D eigenvalue weighted by Gasteiger charge is 2.20. The van der Waals surface area contributed by atoms with Gasteiger partial charge in [-0.25, -0.2) is 0 Å². The van der Waals surface area contributed by atoms with Crippen LogP contribution in [0.4, 0.5) is 0 Å². The fourth-order valence-corrected chi connectivity index (χ4v) is 6.42. The van der Waals surface area contributed by atoms with E-state index in [-0.39, 0.29) is 0 Å². The van der Waals surface area contributed by atoms with Crippen LogP contribution in [0, 0.1) is 5.92 Å². The second-order valence-electron chi connectivity index (χ2n) is 13.5. The molecule has 59 heavy (non-hydrogen) atoms. The zero-order valence-corrected chi connectivity index (χ0v) is 34.7. The Kier molecular flexibility index (Phi) is 16.0. The lowest BCUT2D eigenvalue weighted by Crippen LogP contribution is -2.12. The highest BCUT2D eigenvalue weighted by molar-refractivity contribution is 5.83. The lowest BCUT2D eigenvalue weighted by atomic mass is 10.0. The molecule has 5 aromatic carbocycles. The van der Waals surface area contributed by atoms with Crippen molar-refractivity contribution >= 4 is 36.9 Å². The summed E-state index contributed by atoms with van der Waals surface area (Å²) in [5.74, 6) is 5.36. The summed E-state index contributed by atoms with van der Waals surface area (Å²) in [6.45, 7) is 4.93. The molecule has 1 atom stereocenters. The van der Waals surface area contributed by atoms with Gasteiger partial charge in [0.2, 0.25) is 11.5 Å². The number of aldehydes is 2. The topological polar surface area (TPSA) is 108 Å². The number of hydrogen-bond donors (Lipinski definition) is 0. The Bertz CT molecular complexity index is 2220. The number of rotatable bonds is 22. The number of benzene rings is 5. The van der Waals surface area contributed by atoms with Crippen LogP contribution < -0.4 is 37.9 Å². The SMILES string of the molecule is CCCCC(CC)COc1cc(C=Cc2ccc(OC)c(Oc3ccc(C=O)cc3)c2OC)cc(OC)c1C=Cc1ccc(OC)c(Oc2ccc(C=O)cc2)c1OC. The van der Waals surface area contributed by atoms with Crippen molar-refractivity contribution in [3.8, 4) is 57.5 Å². The van der Waals surface area contributed by atoms with Gasteiger partial charge in [0.15, 0.2) is 23.0 Å². The first-order valence-electron chi connectivity index (χ1n) is 19.5.